The molecule has 0 saturated carbocycles. The Morgan fingerprint density at radius 1 is 0.784 bits per heavy atom. The maximum Gasteiger partial charge on any atom is 0.340 e. The van der Waals surface area contributed by atoms with Gasteiger partial charge in [0.25, 0.3) is 0 Å². The second kappa shape index (κ2) is 9.11. The van der Waals surface area contributed by atoms with Crippen LogP contribution in [0.1, 0.15) is 54.2 Å². The molecule has 0 amide bonds. The minimum Gasteiger partial charge on any atom is -0.456 e. The number of anilines is 1. The average Bonchev–Trinajstić information content (AvgIpc) is 3.22. The molecule has 37 heavy (non-hydrogen) atoms. The van der Waals surface area contributed by atoms with Crippen molar-refractivity contribution in [1.82, 2.24) is 0 Å². The highest BCUT2D eigenvalue weighted by molar-refractivity contribution is 5.97. The van der Waals surface area contributed by atoms with Crippen molar-refractivity contribution in [2.75, 3.05) is 18.0 Å². The van der Waals surface area contributed by atoms with Gasteiger partial charge in [0.1, 0.15) is 11.5 Å². The standard InChI is InChI=1S/C33H31NO3/c1-4-34(19-18-22(2)3)25-15-16-28-31(21-25)36-30-17-14-24(23-10-6-5-7-11-23)20-29(30)33(28)27-13-9-8-12-26(27)32(35)37-33/h5-17,20-22H,4,18-19H2,1-3H3. The number of hydrogen-bond donors (Lipinski definition) is 0. The molecule has 6 rings (SSSR count). The van der Waals surface area contributed by atoms with Gasteiger partial charge in [-0.25, -0.2) is 4.79 Å². The number of ether oxygens (including phenoxy) is 2. The Balaban J connectivity index is 1.54. The Hall–Kier alpha value is -4.05. The second-order valence-electron chi connectivity index (χ2n) is 10.2. The van der Waals surface area contributed by atoms with Crippen LogP contribution in [0.15, 0.2) is 91.0 Å². The zero-order valence-electron chi connectivity index (χ0n) is 21.5. The van der Waals surface area contributed by atoms with E-state index in [1.807, 2.05) is 48.5 Å². The van der Waals surface area contributed by atoms with Gasteiger partial charge >= 0.3 is 5.97 Å². The van der Waals surface area contributed by atoms with Gasteiger partial charge < -0.3 is 14.4 Å². The van der Waals surface area contributed by atoms with E-state index in [9.17, 15) is 4.79 Å². The van der Waals surface area contributed by atoms with Crippen LogP contribution in [0.5, 0.6) is 11.5 Å². The van der Waals surface area contributed by atoms with Crippen LogP contribution >= 0.6 is 0 Å². The van der Waals surface area contributed by atoms with Gasteiger partial charge in [-0.05, 0) is 60.7 Å². The van der Waals surface area contributed by atoms with Gasteiger partial charge in [-0.1, -0.05) is 68.4 Å². The van der Waals surface area contributed by atoms with Crippen molar-refractivity contribution in [2.24, 2.45) is 5.92 Å². The highest BCUT2D eigenvalue weighted by atomic mass is 16.6. The van der Waals surface area contributed by atoms with Crippen molar-refractivity contribution in [3.63, 3.8) is 0 Å². The lowest BCUT2D eigenvalue weighted by Crippen LogP contribution is -2.33. The van der Waals surface area contributed by atoms with Crippen LogP contribution in [0.4, 0.5) is 5.69 Å². The largest absolute Gasteiger partial charge is 0.456 e. The third-order valence-electron chi connectivity index (χ3n) is 7.53. The summed E-state index contributed by atoms with van der Waals surface area (Å²) in [5, 5.41) is 0. The average molecular weight is 490 g/mol. The molecule has 0 radical (unpaired) electrons. The first-order valence-corrected chi connectivity index (χ1v) is 13.1. The van der Waals surface area contributed by atoms with Gasteiger partial charge in [-0.15, -0.1) is 0 Å². The molecular formula is C33H31NO3. The summed E-state index contributed by atoms with van der Waals surface area (Å²) in [6.45, 7) is 8.57. The molecule has 0 aromatic heterocycles. The third kappa shape index (κ3) is 3.79. The van der Waals surface area contributed by atoms with Gasteiger partial charge in [0.05, 0.1) is 5.56 Å². The van der Waals surface area contributed by atoms with Crippen molar-refractivity contribution >= 4 is 11.7 Å². The molecule has 4 heteroatoms. The first-order chi connectivity index (χ1) is 18.0. The molecule has 4 nitrogen and oxygen atoms in total. The lowest BCUT2D eigenvalue weighted by atomic mass is 9.77. The van der Waals surface area contributed by atoms with Crippen LogP contribution in [0.3, 0.4) is 0 Å². The van der Waals surface area contributed by atoms with Crippen LogP contribution in [-0.2, 0) is 10.3 Å². The maximum atomic E-state index is 13.2. The SMILES string of the molecule is CCN(CCC(C)C)c1ccc2c(c1)Oc1ccc(-c3ccccc3)cc1C21OC(=O)c2ccccc21. The minimum atomic E-state index is -1.06. The Morgan fingerprint density at radius 2 is 1.57 bits per heavy atom. The summed E-state index contributed by atoms with van der Waals surface area (Å²) in [7, 11) is 0. The van der Waals surface area contributed by atoms with E-state index >= 15 is 0 Å². The molecular weight excluding hydrogens is 458 g/mol. The zero-order valence-corrected chi connectivity index (χ0v) is 21.5. The molecule has 1 unspecified atom stereocenters. The minimum absolute atomic E-state index is 0.310. The molecule has 4 aromatic carbocycles. The van der Waals surface area contributed by atoms with Crippen molar-refractivity contribution in [3.8, 4) is 22.6 Å². The fourth-order valence-electron chi connectivity index (χ4n) is 5.55. The highest BCUT2D eigenvalue weighted by Crippen LogP contribution is 2.57. The van der Waals surface area contributed by atoms with E-state index in [4.69, 9.17) is 9.47 Å². The van der Waals surface area contributed by atoms with Gasteiger partial charge in [0, 0.05) is 41.5 Å². The summed E-state index contributed by atoms with van der Waals surface area (Å²) >= 11 is 0. The molecule has 2 aliphatic rings. The quantitative estimate of drug-likeness (QED) is 0.259. The Morgan fingerprint density at radius 3 is 2.35 bits per heavy atom. The lowest BCUT2D eigenvalue weighted by Gasteiger charge is -2.37. The molecule has 1 atom stereocenters. The van der Waals surface area contributed by atoms with Crippen molar-refractivity contribution in [2.45, 2.75) is 32.8 Å². The highest BCUT2D eigenvalue weighted by Gasteiger charge is 2.53. The number of fused-ring (bicyclic) bond motifs is 6. The zero-order chi connectivity index (χ0) is 25.6. The first-order valence-electron chi connectivity index (χ1n) is 13.1. The summed E-state index contributed by atoms with van der Waals surface area (Å²) in [5.74, 6) is 1.76. The monoisotopic (exact) mass is 489 g/mol. The molecule has 0 fully saturated rings. The number of benzene rings is 4. The normalized spacial score (nSPS) is 17.1. The van der Waals surface area contributed by atoms with Gasteiger partial charge in [-0.3, -0.25) is 0 Å². The molecule has 0 aliphatic carbocycles. The number of esters is 1. The Bertz CT molecular complexity index is 1480. The van der Waals surface area contributed by atoms with E-state index < -0.39 is 5.60 Å². The smallest absolute Gasteiger partial charge is 0.340 e. The summed E-state index contributed by atoms with van der Waals surface area (Å²) < 4.78 is 12.9. The second-order valence-corrected chi connectivity index (χ2v) is 10.2. The van der Waals surface area contributed by atoms with Gasteiger partial charge in [0.15, 0.2) is 5.60 Å². The summed E-state index contributed by atoms with van der Waals surface area (Å²) in [6.07, 6.45) is 1.12. The molecule has 0 saturated heterocycles. The summed E-state index contributed by atoms with van der Waals surface area (Å²) in [6, 6.07) is 30.4. The van der Waals surface area contributed by atoms with E-state index in [1.165, 1.54) is 0 Å². The number of carbonyl (C=O) groups is 1. The van der Waals surface area contributed by atoms with Crippen molar-refractivity contribution < 1.29 is 14.3 Å². The van der Waals surface area contributed by atoms with E-state index in [2.05, 4.69) is 68.1 Å². The number of carbonyl (C=O) groups excluding carboxylic acids is 1. The van der Waals surface area contributed by atoms with E-state index in [0.717, 1.165) is 58.8 Å². The fourth-order valence-corrected chi connectivity index (χ4v) is 5.55. The van der Waals surface area contributed by atoms with Crippen LogP contribution in [-0.4, -0.2) is 19.1 Å². The third-order valence-corrected chi connectivity index (χ3v) is 7.53. The molecule has 0 N–H and O–H groups in total. The fraction of sp³-hybridized carbons (Fsp3) is 0.242. The first kappa shape index (κ1) is 23.4. The van der Waals surface area contributed by atoms with Gasteiger partial charge in [0.2, 0.25) is 0 Å². The van der Waals surface area contributed by atoms with Crippen LogP contribution in [0, 0.1) is 5.92 Å². The maximum absolute atomic E-state index is 13.2. The van der Waals surface area contributed by atoms with E-state index in [1.54, 1.807) is 0 Å². The molecule has 186 valence electrons. The van der Waals surface area contributed by atoms with E-state index in [0.29, 0.717) is 17.2 Å². The van der Waals surface area contributed by atoms with Crippen molar-refractivity contribution in [3.05, 3.63) is 113 Å². The molecule has 4 aromatic rings. The topological polar surface area (TPSA) is 38.8 Å². The lowest BCUT2D eigenvalue weighted by molar-refractivity contribution is 0.0224. The Labute approximate surface area is 218 Å². The number of nitrogens with zero attached hydrogens (tertiary/aromatic N) is 1. The predicted molar refractivity (Wildman–Crippen MR) is 147 cm³/mol. The summed E-state index contributed by atoms with van der Waals surface area (Å²) in [4.78, 5) is 15.6. The van der Waals surface area contributed by atoms with Gasteiger partial charge in [-0.2, -0.15) is 0 Å². The molecule has 2 aliphatic heterocycles. The molecule has 1 spiro atoms. The molecule has 2 heterocycles. The van der Waals surface area contributed by atoms with Crippen LogP contribution in [0.25, 0.3) is 11.1 Å². The summed E-state index contributed by atoms with van der Waals surface area (Å²) in [5.41, 5.74) is 5.36. The molecule has 0 bridgehead atoms. The van der Waals surface area contributed by atoms with Crippen LogP contribution < -0.4 is 9.64 Å². The number of rotatable bonds is 6. The van der Waals surface area contributed by atoms with Crippen LogP contribution in [0.2, 0.25) is 0 Å². The van der Waals surface area contributed by atoms with Crippen molar-refractivity contribution in [1.29, 1.82) is 0 Å². The Kier molecular flexibility index (Phi) is 5.75. The van der Waals surface area contributed by atoms with E-state index in [-0.39, 0.29) is 5.97 Å². The number of hydrogen-bond acceptors (Lipinski definition) is 4. The predicted octanol–water partition coefficient (Wildman–Crippen LogP) is 7.79.